The molecule has 7 nitrogen and oxygen atoms in total. The molecule has 1 unspecified atom stereocenters. The molecule has 1 aromatic rings. The molecule has 0 saturated carbocycles. The third-order valence-electron chi connectivity index (χ3n) is 4.00. The summed E-state index contributed by atoms with van der Waals surface area (Å²) in [5.41, 5.74) is 0. The summed E-state index contributed by atoms with van der Waals surface area (Å²) >= 11 is 0. The maximum atomic E-state index is 12.5. The second-order valence-corrected chi connectivity index (χ2v) is 8.28. The molecule has 1 N–H and O–H groups in total. The van der Waals surface area contributed by atoms with E-state index in [9.17, 15) is 8.42 Å². The molecule has 134 valence electrons. The summed E-state index contributed by atoms with van der Waals surface area (Å²) in [6.45, 7) is 7.97. The van der Waals surface area contributed by atoms with E-state index < -0.39 is 10.0 Å². The Kier molecular flexibility index (Phi) is 5.29. The summed E-state index contributed by atoms with van der Waals surface area (Å²) in [6, 6.07) is 4.61. The van der Waals surface area contributed by atoms with Crippen LogP contribution in [0.1, 0.15) is 13.8 Å². The second kappa shape index (κ2) is 7.26. The van der Waals surface area contributed by atoms with Crippen molar-refractivity contribution in [3.63, 3.8) is 0 Å². The van der Waals surface area contributed by atoms with Crippen molar-refractivity contribution in [2.75, 3.05) is 39.6 Å². The van der Waals surface area contributed by atoms with Crippen molar-refractivity contribution in [1.29, 1.82) is 0 Å². The number of sulfonamides is 1. The molecule has 0 aliphatic carbocycles. The van der Waals surface area contributed by atoms with Gasteiger partial charge in [-0.1, -0.05) is 13.8 Å². The number of hydrogen-bond acceptors (Lipinski definition) is 6. The van der Waals surface area contributed by atoms with Crippen molar-refractivity contribution in [1.82, 2.24) is 9.62 Å². The first-order chi connectivity index (χ1) is 11.4. The van der Waals surface area contributed by atoms with Gasteiger partial charge in [0.05, 0.1) is 17.6 Å². The highest BCUT2D eigenvalue weighted by atomic mass is 32.2. The van der Waals surface area contributed by atoms with Crippen molar-refractivity contribution in [2.24, 2.45) is 5.92 Å². The number of rotatable bonds is 6. The zero-order valence-electron chi connectivity index (χ0n) is 14.0. The highest BCUT2D eigenvalue weighted by molar-refractivity contribution is 7.89. The topological polar surface area (TPSA) is 77.1 Å². The van der Waals surface area contributed by atoms with Gasteiger partial charge in [0.15, 0.2) is 11.5 Å². The molecular weight excluding hydrogens is 332 g/mol. The predicted molar refractivity (Wildman–Crippen MR) is 88.8 cm³/mol. The maximum absolute atomic E-state index is 12.5. The number of fused-ring (bicyclic) bond motifs is 1. The normalized spacial score (nSPS) is 21.4. The van der Waals surface area contributed by atoms with Gasteiger partial charge in [0.25, 0.3) is 0 Å². The molecule has 2 aliphatic rings. The van der Waals surface area contributed by atoms with Gasteiger partial charge in [-0.3, -0.25) is 4.90 Å². The smallest absolute Gasteiger partial charge is 0.240 e. The molecule has 3 rings (SSSR count). The van der Waals surface area contributed by atoms with Gasteiger partial charge in [-0.15, -0.1) is 0 Å². The first kappa shape index (κ1) is 17.5. The molecule has 24 heavy (non-hydrogen) atoms. The van der Waals surface area contributed by atoms with Crippen LogP contribution in [-0.4, -0.2) is 59.0 Å². The van der Waals surface area contributed by atoms with E-state index in [0.717, 1.165) is 19.6 Å². The summed E-state index contributed by atoms with van der Waals surface area (Å²) in [6.07, 6.45) is -0.138. The van der Waals surface area contributed by atoms with E-state index in [1.807, 2.05) is 0 Å². The zero-order valence-corrected chi connectivity index (χ0v) is 14.8. The number of morpholine rings is 1. The van der Waals surface area contributed by atoms with Crippen LogP contribution in [0.3, 0.4) is 0 Å². The number of benzene rings is 1. The quantitative estimate of drug-likeness (QED) is 0.821. The maximum Gasteiger partial charge on any atom is 0.240 e. The average Bonchev–Trinajstić information content (AvgIpc) is 3.00. The molecule has 0 radical (unpaired) electrons. The Bertz CT molecular complexity index is 677. The highest BCUT2D eigenvalue weighted by Crippen LogP contribution is 2.33. The first-order valence-corrected chi connectivity index (χ1v) is 9.65. The fraction of sp³-hybridized carbons (Fsp3) is 0.625. The monoisotopic (exact) mass is 356 g/mol. The van der Waals surface area contributed by atoms with Crippen LogP contribution in [0.25, 0.3) is 0 Å². The predicted octanol–water partition coefficient (Wildman–Crippen LogP) is 1.05. The van der Waals surface area contributed by atoms with E-state index in [0.29, 0.717) is 24.0 Å². The van der Waals surface area contributed by atoms with Gasteiger partial charge in [0, 0.05) is 32.2 Å². The molecule has 1 saturated heterocycles. The standard InChI is InChI=1S/C16H24N2O5S/c1-12(2)9-18-5-6-21-13(10-18)8-17-24(19,20)14-3-4-15-16(7-14)23-11-22-15/h3-4,7,12-13,17H,5-6,8-11H2,1-2H3. The van der Waals surface area contributed by atoms with E-state index in [4.69, 9.17) is 14.2 Å². The molecule has 1 aromatic carbocycles. The van der Waals surface area contributed by atoms with Gasteiger partial charge in [0.2, 0.25) is 16.8 Å². The van der Waals surface area contributed by atoms with Gasteiger partial charge in [-0.25, -0.2) is 13.1 Å². The number of ether oxygens (including phenoxy) is 3. The summed E-state index contributed by atoms with van der Waals surface area (Å²) in [5.74, 6) is 1.60. The summed E-state index contributed by atoms with van der Waals surface area (Å²) in [7, 11) is -3.61. The van der Waals surface area contributed by atoms with Crippen LogP contribution in [-0.2, 0) is 14.8 Å². The minimum absolute atomic E-state index is 0.119. The lowest BCUT2D eigenvalue weighted by molar-refractivity contribution is -0.0280. The van der Waals surface area contributed by atoms with Crippen molar-refractivity contribution in [3.05, 3.63) is 18.2 Å². The van der Waals surface area contributed by atoms with Crippen molar-refractivity contribution in [3.8, 4) is 11.5 Å². The Morgan fingerprint density at radius 3 is 2.88 bits per heavy atom. The van der Waals surface area contributed by atoms with Crippen LogP contribution in [0.15, 0.2) is 23.1 Å². The molecule has 2 heterocycles. The Labute approximate surface area is 142 Å². The van der Waals surface area contributed by atoms with Crippen LogP contribution >= 0.6 is 0 Å². The van der Waals surface area contributed by atoms with Crippen LogP contribution in [0.4, 0.5) is 0 Å². The lowest BCUT2D eigenvalue weighted by atomic mass is 10.2. The fourth-order valence-corrected chi connectivity index (χ4v) is 4.00. The van der Waals surface area contributed by atoms with Crippen LogP contribution in [0, 0.1) is 5.92 Å². The van der Waals surface area contributed by atoms with Crippen molar-refractivity contribution < 1.29 is 22.6 Å². The molecule has 8 heteroatoms. The summed E-state index contributed by atoms with van der Waals surface area (Å²) in [4.78, 5) is 2.48. The Morgan fingerprint density at radius 2 is 2.08 bits per heavy atom. The SMILES string of the molecule is CC(C)CN1CCOC(CNS(=O)(=O)c2ccc3c(c2)OCO3)C1. The molecular formula is C16H24N2O5S. The Morgan fingerprint density at radius 1 is 1.29 bits per heavy atom. The third kappa shape index (κ3) is 4.18. The lowest BCUT2D eigenvalue weighted by Crippen LogP contribution is -2.48. The molecule has 0 bridgehead atoms. The third-order valence-corrected chi connectivity index (χ3v) is 5.42. The molecule has 2 aliphatic heterocycles. The van der Waals surface area contributed by atoms with E-state index in [2.05, 4.69) is 23.5 Å². The largest absolute Gasteiger partial charge is 0.454 e. The molecule has 0 amide bonds. The minimum atomic E-state index is -3.61. The molecule has 0 aromatic heterocycles. The van der Waals surface area contributed by atoms with Crippen molar-refractivity contribution in [2.45, 2.75) is 24.8 Å². The summed E-state index contributed by atoms with van der Waals surface area (Å²) < 4.78 is 43.7. The van der Waals surface area contributed by atoms with Gasteiger partial charge in [-0.05, 0) is 18.1 Å². The zero-order chi connectivity index (χ0) is 17.2. The van der Waals surface area contributed by atoms with Gasteiger partial charge < -0.3 is 14.2 Å². The molecule has 1 atom stereocenters. The first-order valence-electron chi connectivity index (χ1n) is 8.17. The molecule has 1 fully saturated rings. The second-order valence-electron chi connectivity index (χ2n) is 6.51. The lowest BCUT2D eigenvalue weighted by Gasteiger charge is -2.33. The van der Waals surface area contributed by atoms with Crippen molar-refractivity contribution >= 4 is 10.0 Å². The van der Waals surface area contributed by atoms with E-state index in [-0.39, 0.29) is 24.3 Å². The van der Waals surface area contributed by atoms with Gasteiger partial charge in [0.1, 0.15) is 0 Å². The summed E-state index contributed by atoms with van der Waals surface area (Å²) in [5, 5.41) is 0. The van der Waals surface area contributed by atoms with E-state index in [1.54, 1.807) is 6.07 Å². The Hall–Kier alpha value is -1.35. The van der Waals surface area contributed by atoms with Gasteiger partial charge in [-0.2, -0.15) is 0 Å². The van der Waals surface area contributed by atoms with E-state index >= 15 is 0 Å². The van der Waals surface area contributed by atoms with E-state index in [1.165, 1.54) is 12.1 Å². The van der Waals surface area contributed by atoms with Gasteiger partial charge >= 0.3 is 0 Å². The van der Waals surface area contributed by atoms with Crippen LogP contribution in [0.2, 0.25) is 0 Å². The number of nitrogens with zero attached hydrogens (tertiary/aromatic N) is 1. The Balaban J connectivity index is 1.59. The molecule has 0 spiro atoms. The van der Waals surface area contributed by atoms with Crippen LogP contribution in [0.5, 0.6) is 11.5 Å². The highest BCUT2D eigenvalue weighted by Gasteiger charge is 2.24. The van der Waals surface area contributed by atoms with Crippen LogP contribution < -0.4 is 14.2 Å². The fourth-order valence-electron chi connectivity index (χ4n) is 2.92. The average molecular weight is 356 g/mol. The number of hydrogen-bond donors (Lipinski definition) is 1. The number of nitrogens with one attached hydrogen (secondary N) is 1. The minimum Gasteiger partial charge on any atom is -0.454 e.